The number of ether oxygens (including phenoxy) is 1. The van der Waals surface area contributed by atoms with Crippen molar-refractivity contribution in [3.05, 3.63) is 72.6 Å². The predicted molar refractivity (Wildman–Crippen MR) is 82.7 cm³/mol. The topological polar surface area (TPSA) is 9.23 Å². The van der Waals surface area contributed by atoms with E-state index in [4.69, 9.17) is 4.74 Å². The predicted octanol–water partition coefficient (Wildman–Crippen LogP) is 4.98. The Balaban J connectivity index is 1.65. The Morgan fingerprint density at radius 1 is 1.00 bits per heavy atom. The summed E-state index contributed by atoms with van der Waals surface area (Å²) in [6.07, 6.45) is 3.72. The first kappa shape index (κ1) is 13.2. The molecule has 1 radical (unpaired) electrons. The normalized spacial score (nSPS) is 21.9. The van der Waals surface area contributed by atoms with Crippen molar-refractivity contribution in [1.29, 1.82) is 0 Å². The van der Waals surface area contributed by atoms with Gasteiger partial charge < -0.3 is 4.74 Å². The Morgan fingerprint density at radius 3 is 2.60 bits per heavy atom. The van der Waals surface area contributed by atoms with E-state index in [2.05, 4.69) is 37.3 Å². The smallest absolute Gasteiger partial charge is 0.120 e. The Morgan fingerprint density at radius 2 is 1.85 bits per heavy atom. The fourth-order valence-corrected chi connectivity index (χ4v) is 2.98. The van der Waals surface area contributed by atoms with Crippen molar-refractivity contribution < 1.29 is 4.74 Å². The number of rotatable bonds is 4. The second kappa shape index (κ2) is 6.13. The zero-order chi connectivity index (χ0) is 13.8. The molecule has 2 aromatic rings. The molecule has 3 rings (SSSR count). The van der Waals surface area contributed by atoms with Crippen molar-refractivity contribution in [2.75, 3.05) is 0 Å². The van der Waals surface area contributed by atoms with Gasteiger partial charge in [0.05, 0.1) is 0 Å². The quantitative estimate of drug-likeness (QED) is 0.757. The largest absolute Gasteiger partial charge is 0.489 e. The van der Waals surface area contributed by atoms with E-state index in [1.807, 2.05) is 24.3 Å². The molecular weight excluding hydrogens is 244 g/mol. The molecule has 1 nitrogen and oxygen atoms in total. The zero-order valence-corrected chi connectivity index (χ0v) is 11.8. The van der Waals surface area contributed by atoms with Crippen molar-refractivity contribution in [3.8, 4) is 5.75 Å². The van der Waals surface area contributed by atoms with Crippen molar-refractivity contribution in [2.45, 2.75) is 31.8 Å². The Kier molecular flexibility index (Phi) is 4.05. The molecule has 0 bridgehead atoms. The number of benzene rings is 2. The summed E-state index contributed by atoms with van der Waals surface area (Å²) >= 11 is 0. The first-order valence-corrected chi connectivity index (χ1v) is 7.41. The highest BCUT2D eigenvalue weighted by atomic mass is 16.5. The van der Waals surface area contributed by atoms with E-state index < -0.39 is 0 Å². The van der Waals surface area contributed by atoms with Crippen LogP contribution in [-0.4, -0.2) is 0 Å². The first-order chi connectivity index (χ1) is 9.81. The van der Waals surface area contributed by atoms with Crippen LogP contribution in [0, 0.1) is 12.8 Å². The maximum Gasteiger partial charge on any atom is 0.120 e. The summed E-state index contributed by atoms with van der Waals surface area (Å²) in [5.41, 5.74) is 2.61. The summed E-state index contributed by atoms with van der Waals surface area (Å²) in [7, 11) is 0. The molecule has 2 aromatic carbocycles. The van der Waals surface area contributed by atoms with Gasteiger partial charge in [-0.05, 0) is 54.4 Å². The summed E-state index contributed by atoms with van der Waals surface area (Å²) in [5, 5.41) is 0. The third kappa shape index (κ3) is 3.22. The van der Waals surface area contributed by atoms with Gasteiger partial charge in [-0.3, -0.25) is 0 Å². The molecule has 1 heteroatoms. The SMILES string of the molecule is [CH2]C1CCC(c2cccc(OCc3ccccc3)c2)C1. The van der Waals surface area contributed by atoms with E-state index >= 15 is 0 Å². The van der Waals surface area contributed by atoms with Crippen LogP contribution in [0.15, 0.2) is 54.6 Å². The lowest BCUT2D eigenvalue weighted by Gasteiger charge is -2.12. The standard InChI is InChI=1S/C19H21O/c1-15-10-11-18(12-15)17-8-5-9-19(13-17)20-14-16-6-3-2-4-7-16/h2-9,13,15,18H,1,10-12,14H2. The first-order valence-electron chi connectivity index (χ1n) is 7.41. The summed E-state index contributed by atoms with van der Waals surface area (Å²) in [5.74, 6) is 2.26. The van der Waals surface area contributed by atoms with Crippen LogP contribution >= 0.6 is 0 Å². The van der Waals surface area contributed by atoms with Gasteiger partial charge in [-0.1, -0.05) is 49.4 Å². The van der Waals surface area contributed by atoms with Crippen LogP contribution < -0.4 is 4.74 Å². The van der Waals surface area contributed by atoms with Crippen LogP contribution in [0.5, 0.6) is 5.75 Å². The van der Waals surface area contributed by atoms with E-state index in [0.717, 1.165) is 5.75 Å². The van der Waals surface area contributed by atoms with Gasteiger partial charge in [-0.2, -0.15) is 0 Å². The van der Waals surface area contributed by atoms with E-state index in [1.165, 1.54) is 30.4 Å². The number of hydrogen-bond acceptors (Lipinski definition) is 1. The average Bonchev–Trinajstić information content (AvgIpc) is 2.93. The van der Waals surface area contributed by atoms with E-state index in [0.29, 0.717) is 18.4 Å². The third-order valence-corrected chi connectivity index (χ3v) is 4.12. The molecule has 2 atom stereocenters. The molecule has 1 fully saturated rings. The van der Waals surface area contributed by atoms with Crippen molar-refractivity contribution in [1.82, 2.24) is 0 Å². The maximum absolute atomic E-state index is 5.90. The highest BCUT2D eigenvalue weighted by Gasteiger charge is 2.22. The molecule has 0 saturated heterocycles. The van der Waals surface area contributed by atoms with Gasteiger partial charge in [0.15, 0.2) is 0 Å². The van der Waals surface area contributed by atoms with Gasteiger partial charge in [0, 0.05) is 0 Å². The lowest BCUT2D eigenvalue weighted by molar-refractivity contribution is 0.305. The van der Waals surface area contributed by atoms with Crippen LogP contribution in [0.25, 0.3) is 0 Å². The molecule has 0 amide bonds. The Labute approximate surface area is 121 Å². The van der Waals surface area contributed by atoms with Crippen LogP contribution in [0.3, 0.4) is 0 Å². The average molecular weight is 265 g/mol. The van der Waals surface area contributed by atoms with Crippen molar-refractivity contribution in [2.24, 2.45) is 5.92 Å². The summed E-state index contributed by atoms with van der Waals surface area (Å²) in [6, 6.07) is 18.9. The number of hydrogen-bond donors (Lipinski definition) is 0. The van der Waals surface area contributed by atoms with Gasteiger partial charge in [0.2, 0.25) is 0 Å². The Bertz CT molecular complexity index is 547. The van der Waals surface area contributed by atoms with E-state index in [1.54, 1.807) is 0 Å². The summed E-state index contributed by atoms with van der Waals surface area (Å²) < 4.78 is 5.90. The maximum atomic E-state index is 5.90. The molecule has 0 heterocycles. The molecule has 1 aliphatic carbocycles. The molecule has 0 spiro atoms. The van der Waals surface area contributed by atoms with E-state index in [-0.39, 0.29) is 0 Å². The van der Waals surface area contributed by atoms with Gasteiger partial charge >= 0.3 is 0 Å². The van der Waals surface area contributed by atoms with Gasteiger partial charge in [0.25, 0.3) is 0 Å². The van der Waals surface area contributed by atoms with Crippen LogP contribution in [0.1, 0.15) is 36.3 Å². The summed E-state index contributed by atoms with van der Waals surface area (Å²) in [6.45, 7) is 4.81. The highest BCUT2D eigenvalue weighted by molar-refractivity contribution is 5.31. The second-order valence-corrected chi connectivity index (χ2v) is 5.72. The van der Waals surface area contributed by atoms with Gasteiger partial charge in [0.1, 0.15) is 12.4 Å². The molecule has 2 unspecified atom stereocenters. The minimum absolute atomic E-state index is 0.619. The second-order valence-electron chi connectivity index (χ2n) is 5.72. The molecule has 0 N–H and O–H groups in total. The van der Waals surface area contributed by atoms with Crippen molar-refractivity contribution in [3.63, 3.8) is 0 Å². The van der Waals surface area contributed by atoms with E-state index in [9.17, 15) is 0 Å². The fourth-order valence-electron chi connectivity index (χ4n) is 2.98. The molecule has 103 valence electrons. The molecule has 1 aliphatic rings. The van der Waals surface area contributed by atoms with Crippen LogP contribution in [0.2, 0.25) is 0 Å². The van der Waals surface area contributed by atoms with Crippen molar-refractivity contribution >= 4 is 0 Å². The molecule has 0 aliphatic heterocycles. The van der Waals surface area contributed by atoms with Gasteiger partial charge in [-0.25, -0.2) is 0 Å². The lowest BCUT2D eigenvalue weighted by atomic mass is 9.96. The highest BCUT2D eigenvalue weighted by Crippen LogP contribution is 2.38. The molecular formula is C19H21O. The van der Waals surface area contributed by atoms with Gasteiger partial charge in [-0.15, -0.1) is 0 Å². The minimum atomic E-state index is 0.619. The Hall–Kier alpha value is -1.76. The molecule has 1 saturated carbocycles. The summed E-state index contributed by atoms with van der Waals surface area (Å²) in [4.78, 5) is 0. The van der Waals surface area contributed by atoms with Crippen LogP contribution in [-0.2, 0) is 6.61 Å². The fraction of sp³-hybridized carbons (Fsp3) is 0.316. The van der Waals surface area contributed by atoms with Crippen LogP contribution in [0.4, 0.5) is 0 Å². The molecule has 20 heavy (non-hydrogen) atoms. The third-order valence-electron chi connectivity index (χ3n) is 4.12. The monoisotopic (exact) mass is 265 g/mol. The minimum Gasteiger partial charge on any atom is -0.489 e. The zero-order valence-electron chi connectivity index (χ0n) is 11.8. The lowest BCUT2D eigenvalue weighted by Crippen LogP contribution is -1.97. The molecule has 0 aromatic heterocycles.